The minimum Gasteiger partial charge on any atom is -0.285 e. The molecule has 2 heterocycles. The van der Waals surface area contributed by atoms with Gasteiger partial charge >= 0.3 is 0 Å². The first kappa shape index (κ1) is 14.2. The molecule has 1 atom stereocenters. The van der Waals surface area contributed by atoms with Crippen LogP contribution in [0.3, 0.4) is 0 Å². The van der Waals surface area contributed by atoms with Gasteiger partial charge in [-0.1, -0.05) is 0 Å². The third kappa shape index (κ3) is 2.47. The summed E-state index contributed by atoms with van der Waals surface area (Å²) in [6.07, 6.45) is 4.93. The van der Waals surface area contributed by atoms with Crippen LogP contribution in [-0.2, 0) is 10.0 Å². The number of aromatic nitrogens is 2. The van der Waals surface area contributed by atoms with Gasteiger partial charge in [0.15, 0.2) is 0 Å². The summed E-state index contributed by atoms with van der Waals surface area (Å²) >= 11 is 0. The summed E-state index contributed by atoms with van der Waals surface area (Å²) in [7, 11) is -3.63. The summed E-state index contributed by atoms with van der Waals surface area (Å²) in [6, 6.07) is 3.70. The SMILES string of the molecule is Cc1cc(S(=O)(=O)N2CCC[C@H]2c2cn[nH]c2)ccc1F. The molecule has 0 spiro atoms. The van der Waals surface area contributed by atoms with E-state index in [1.807, 2.05) is 0 Å². The molecule has 1 N–H and O–H groups in total. The molecule has 1 fully saturated rings. The summed E-state index contributed by atoms with van der Waals surface area (Å²) < 4.78 is 40.4. The van der Waals surface area contributed by atoms with Crippen molar-refractivity contribution < 1.29 is 12.8 Å². The Morgan fingerprint density at radius 2 is 2.24 bits per heavy atom. The largest absolute Gasteiger partial charge is 0.285 e. The standard InChI is InChI=1S/C14H16FN3O2S/c1-10-7-12(4-5-13(10)15)21(19,20)18-6-2-3-14(18)11-8-16-17-9-11/h4-5,7-9,14H,2-3,6H2,1H3,(H,16,17)/t14-/m0/s1. The van der Waals surface area contributed by atoms with E-state index in [1.165, 1.54) is 22.5 Å². The Labute approximate surface area is 122 Å². The van der Waals surface area contributed by atoms with Crippen LogP contribution in [0.1, 0.15) is 30.0 Å². The van der Waals surface area contributed by atoms with Crippen LogP contribution in [-0.4, -0.2) is 29.5 Å². The molecule has 0 amide bonds. The van der Waals surface area contributed by atoms with Crippen LogP contribution < -0.4 is 0 Å². The second-order valence-electron chi connectivity index (χ2n) is 5.22. The number of hydrogen-bond donors (Lipinski definition) is 1. The van der Waals surface area contributed by atoms with Crippen molar-refractivity contribution in [3.05, 3.63) is 47.5 Å². The van der Waals surface area contributed by atoms with Crippen LogP contribution >= 0.6 is 0 Å². The Morgan fingerprint density at radius 3 is 2.90 bits per heavy atom. The lowest BCUT2D eigenvalue weighted by Gasteiger charge is -2.23. The predicted molar refractivity (Wildman–Crippen MR) is 75.6 cm³/mol. The molecule has 0 saturated carbocycles. The number of nitrogens with zero attached hydrogens (tertiary/aromatic N) is 2. The van der Waals surface area contributed by atoms with Gasteiger partial charge in [0, 0.05) is 18.3 Å². The maximum absolute atomic E-state index is 13.3. The second kappa shape index (κ2) is 5.23. The van der Waals surface area contributed by atoms with E-state index >= 15 is 0 Å². The van der Waals surface area contributed by atoms with Crippen LogP contribution in [0.4, 0.5) is 4.39 Å². The number of aromatic amines is 1. The molecule has 0 radical (unpaired) electrons. The fourth-order valence-corrected chi connectivity index (χ4v) is 4.49. The average molecular weight is 309 g/mol. The molecule has 1 aromatic carbocycles. The molecule has 21 heavy (non-hydrogen) atoms. The maximum atomic E-state index is 13.3. The quantitative estimate of drug-likeness (QED) is 0.946. The third-order valence-corrected chi connectivity index (χ3v) is 5.75. The average Bonchev–Trinajstić information content (AvgIpc) is 3.11. The van der Waals surface area contributed by atoms with Crippen molar-refractivity contribution in [2.45, 2.75) is 30.7 Å². The van der Waals surface area contributed by atoms with E-state index in [2.05, 4.69) is 10.2 Å². The monoisotopic (exact) mass is 309 g/mol. The van der Waals surface area contributed by atoms with Crippen LogP contribution in [0.15, 0.2) is 35.5 Å². The summed E-state index contributed by atoms with van der Waals surface area (Å²) in [5, 5.41) is 6.60. The number of hydrogen-bond acceptors (Lipinski definition) is 3. The Balaban J connectivity index is 1.99. The van der Waals surface area contributed by atoms with Gasteiger partial charge in [-0.15, -0.1) is 0 Å². The molecule has 1 aromatic heterocycles. The van der Waals surface area contributed by atoms with Crippen LogP contribution in [0.25, 0.3) is 0 Å². The molecule has 1 saturated heterocycles. The van der Waals surface area contributed by atoms with E-state index in [9.17, 15) is 12.8 Å². The van der Waals surface area contributed by atoms with Crippen molar-refractivity contribution in [2.24, 2.45) is 0 Å². The van der Waals surface area contributed by atoms with Crippen molar-refractivity contribution in [1.29, 1.82) is 0 Å². The van der Waals surface area contributed by atoms with Crippen molar-refractivity contribution in [1.82, 2.24) is 14.5 Å². The van der Waals surface area contributed by atoms with Gasteiger partial charge < -0.3 is 0 Å². The number of aryl methyl sites for hydroxylation is 1. The van der Waals surface area contributed by atoms with Gasteiger partial charge in [0.2, 0.25) is 10.0 Å². The first-order valence-corrected chi connectivity index (χ1v) is 8.21. The molecular weight excluding hydrogens is 293 g/mol. The number of H-pyrrole nitrogens is 1. The van der Waals surface area contributed by atoms with Crippen LogP contribution in [0, 0.1) is 12.7 Å². The molecule has 1 aliphatic heterocycles. The minimum absolute atomic E-state index is 0.136. The highest BCUT2D eigenvalue weighted by Crippen LogP contribution is 2.36. The van der Waals surface area contributed by atoms with Gasteiger partial charge in [-0.3, -0.25) is 5.10 Å². The van der Waals surface area contributed by atoms with Gasteiger partial charge in [-0.2, -0.15) is 9.40 Å². The Morgan fingerprint density at radius 1 is 1.43 bits per heavy atom. The number of benzene rings is 1. The lowest BCUT2D eigenvalue weighted by molar-refractivity contribution is 0.396. The van der Waals surface area contributed by atoms with Crippen LogP contribution in [0.2, 0.25) is 0 Å². The Bertz CT molecular complexity index is 744. The molecule has 1 aliphatic rings. The van der Waals surface area contributed by atoms with E-state index in [1.54, 1.807) is 19.3 Å². The first-order valence-electron chi connectivity index (χ1n) is 6.77. The molecule has 5 nitrogen and oxygen atoms in total. The van der Waals surface area contributed by atoms with E-state index in [0.29, 0.717) is 12.1 Å². The van der Waals surface area contributed by atoms with Gasteiger partial charge in [0.1, 0.15) is 5.82 Å². The summed E-state index contributed by atoms with van der Waals surface area (Å²) in [6.45, 7) is 2.03. The lowest BCUT2D eigenvalue weighted by Crippen LogP contribution is -2.30. The zero-order chi connectivity index (χ0) is 15.0. The van der Waals surface area contributed by atoms with Gasteiger partial charge in [0.25, 0.3) is 0 Å². The van der Waals surface area contributed by atoms with Crippen LogP contribution in [0.5, 0.6) is 0 Å². The highest BCUT2D eigenvalue weighted by Gasteiger charge is 2.36. The second-order valence-corrected chi connectivity index (χ2v) is 7.11. The van der Waals surface area contributed by atoms with E-state index in [0.717, 1.165) is 18.4 Å². The maximum Gasteiger partial charge on any atom is 0.243 e. The number of halogens is 1. The van der Waals surface area contributed by atoms with Crippen molar-refractivity contribution in [2.75, 3.05) is 6.54 Å². The van der Waals surface area contributed by atoms with Crippen molar-refractivity contribution in [3.63, 3.8) is 0 Å². The van der Waals surface area contributed by atoms with Gasteiger partial charge in [0.05, 0.1) is 17.1 Å². The van der Waals surface area contributed by atoms with Gasteiger partial charge in [-0.25, -0.2) is 12.8 Å². The summed E-state index contributed by atoms with van der Waals surface area (Å²) in [5.41, 5.74) is 1.19. The lowest BCUT2D eigenvalue weighted by atomic mass is 10.1. The molecular formula is C14H16FN3O2S. The zero-order valence-electron chi connectivity index (χ0n) is 11.6. The highest BCUT2D eigenvalue weighted by molar-refractivity contribution is 7.89. The number of nitrogens with one attached hydrogen (secondary N) is 1. The fraction of sp³-hybridized carbons (Fsp3) is 0.357. The zero-order valence-corrected chi connectivity index (χ0v) is 12.4. The smallest absolute Gasteiger partial charge is 0.243 e. The van der Waals surface area contributed by atoms with E-state index < -0.39 is 15.8 Å². The predicted octanol–water partition coefficient (Wildman–Crippen LogP) is 2.38. The Kier molecular flexibility index (Phi) is 3.54. The van der Waals surface area contributed by atoms with E-state index in [-0.39, 0.29) is 10.9 Å². The molecule has 7 heteroatoms. The molecule has 3 rings (SSSR count). The molecule has 0 aliphatic carbocycles. The molecule has 112 valence electrons. The van der Waals surface area contributed by atoms with Gasteiger partial charge in [-0.05, 0) is 43.5 Å². The first-order chi connectivity index (χ1) is 10.00. The number of rotatable bonds is 3. The van der Waals surface area contributed by atoms with E-state index in [4.69, 9.17) is 0 Å². The molecule has 0 bridgehead atoms. The highest BCUT2D eigenvalue weighted by atomic mass is 32.2. The minimum atomic E-state index is -3.63. The fourth-order valence-electron chi connectivity index (χ4n) is 2.72. The third-order valence-electron chi connectivity index (χ3n) is 3.84. The topological polar surface area (TPSA) is 66.1 Å². The summed E-state index contributed by atoms with van der Waals surface area (Å²) in [4.78, 5) is 0.136. The molecule has 2 aromatic rings. The Hall–Kier alpha value is -1.73. The van der Waals surface area contributed by atoms with Crippen molar-refractivity contribution in [3.8, 4) is 0 Å². The normalized spacial score (nSPS) is 20.0. The van der Waals surface area contributed by atoms with Crippen molar-refractivity contribution >= 4 is 10.0 Å². The molecule has 0 unspecified atom stereocenters. The summed E-state index contributed by atoms with van der Waals surface area (Å²) in [5.74, 6) is -0.401. The number of sulfonamides is 1.